The van der Waals surface area contributed by atoms with Crippen molar-refractivity contribution < 1.29 is 18.3 Å². The first kappa shape index (κ1) is 19.3. The number of rotatable bonds is 5. The Morgan fingerprint density at radius 3 is 2.58 bits per heavy atom. The highest BCUT2D eigenvalue weighted by Crippen LogP contribution is 2.27. The van der Waals surface area contributed by atoms with E-state index in [4.69, 9.17) is 4.74 Å². The number of nitrogens with zero attached hydrogens (tertiary/aromatic N) is 2. The summed E-state index contributed by atoms with van der Waals surface area (Å²) in [7, 11) is 0. The zero-order valence-corrected chi connectivity index (χ0v) is 15.9. The predicted molar refractivity (Wildman–Crippen MR) is 101 cm³/mol. The summed E-state index contributed by atoms with van der Waals surface area (Å²) in [4.78, 5) is 16.3. The molecule has 0 radical (unpaired) electrons. The van der Waals surface area contributed by atoms with Crippen molar-refractivity contribution in [3.8, 4) is 0 Å². The third kappa shape index (κ3) is 5.05. The molecule has 1 aromatic carbocycles. The van der Waals surface area contributed by atoms with Crippen molar-refractivity contribution in [3.05, 3.63) is 35.9 Å². The van der Waals surface area contributed by atoms with Crippen molar-refractivity contribution in [2.75, 3.05) is 26.2 Å². The number of benzene rings is 1. The third-order valence-corrected chi connectivity index (χ3v) is 6.38. The lowest BCUT2D eigenvalue weighted by atomic mass is 9.96. The fraction of sp³-hybridized carbons (Fsp3) is 0.632. The van der Waals surface area contributed by atoms with Crippen LogP contribution < -0.4 is 0 Å². The molecule has 1 amide bonds. The van der Waals surface area contributed by atoms with Gasteiger partial charge in [0.15, 0.2) is 11.1 Å². The standard InChI is InChI=1S/C19H28N2O4S/c22-19(25-15-16-8-3-1-4-9-16)21-13-7-10-17(14-21)18(26(23)24)20-11-5-2-6-12-20/h1,3-4,8-9,17-18H,2,5-7,10-15H2,(H,23,24). The van der Waals surface area contributed by atoms with Crippen molar-refractivity contribution in [2.24, 2.45) is 5.92 Å². The van der Waals surface area contributed by atoms with Gasteiger partial charge >= 0.3 is 6.09 Å². The van der Waals surface area contributed by atoms with Gasteiger partial charge in [0.25, 0.3) is 0 Å². The van der Waals surface area contributed by atoms with E-state index in [0.717, 1.165) is 44.3 Å². The summed E-state index contributed by atoms with van der Waals surface area (Å²) in [5.74, 6) is 0.0111. The van der Waals surface area contributed by atoms with Crippen LogP contribution in [0.1, 0.15) is 37.7 Å². The van der Waals surface area contributed by atoms with Crippen molar-refractivity contribution in [3.63, 3.8) is 0 Å². The molecule has 3 rings (SSSR count). The molecule has 0 aromatic heterocycles. The fourth-order valence-corrected chi connectivity index (χ4v) is 5.00. The van der Waals surface area contributed by atoms with E-state index >= 15 is 0 Å². The number of carbonyl (C=O) groups is 1. The van der Waals surface area contributed by atoms with Crippen LogP contribution in [-0.4, -0.2) is 56.2 Å². The van der Waals surface area contributed by atoms with Crippen LogP contribution in [0.2, 0.25) is 0 Å². The lowest BCUT2D eigenvalue weighted by molar-refractivity contribution is 0.0640. The molecule has 2 aliphatic heterocycles. The Bertz CT molecular complexity index is 607. The molecule has 0 spiro atoms. The lowest BCUT2D eigenvalue weighted by Crippen LogP contribution is -2.52. The van der Waals surface area contributed by atoms with E-state index in [1.165, 1.54) is 6.42 Å². The van der Waals surface area contributed by atoms with Crippen LogP contribution in [0.25, 0.3) is 0 Å². The number of hydrogen-bond acceptors (Lipinski definition) is 4. The van der Waals surface area contributed by atoms with Gasteiger partial charge in [-0.15, -0.1) is 0 Å². The largest absolute Gasteiger partial charge is 0.445 e. The summed E-state index contributed by atoms with van der Waals surface area (Å²) < 4.78 is 27.3. The lowest BCUT2D eigenvalue weighted by Gasteiger charge is -2.41. The third-order valence-electron chi connectivity index (χ3n) is 5.28. The number of piperidine rings is 2. The van der Waals surface area contributed by atoms with Crippen LogP contribution in [0.5, 0.6) is 0 Å². The maximum atomic E-state index is 12.4. The minimum Gasteiger partial charge on any atom is -0.445 e. The molecule has 2 heterocycles. The van der Waals surface area contributed by atoms with Crippen molar-refractivity contribution >= 4 is 17.2 Å². The van der Waals surface area contributed by atoms with Crippen LogP contribution in [0.15, 0.2) is 30.3 Å². The molecule has 26 heavy (non-hydrogen) atoms. The van der Waals surface area contributed by atoms with Gasteiger partial charge in [0.2, 0.25) is 0 Å². The Kier molecular flexibility index (Phi) is 7.05. The Hall–Kier alpha value is -1.44. The number of amides is 1. The molecular formula is C19H28N2O4S. The Balaban J connectivity index is 1.58. The molecule has 7 heteroatoms. The highest BCUT2D eigenvalue weighted by Gasteiger charge is 2.37. The van der Waals surface area contributed by atoms with Crippen LogP contribution in [0.4, 0.5) is 4.79 Å². The van der Waals surface area contributed by atoms with Crippen molar-refractivity contribution in [1.82, 2.24) is 9.80 Å². The van der Waals surface area contributed by atoms with Gasteiger partial charge in [-0.2, -0.15) is 0 Å². The zero-order chi connectivity index (χ0) is 18.4. The Morgan fingerprint density at radius 2 is 1.88 bits per heavy atom. The molecule has 6 nitrogen and oxygen atoms in total. The number of hydrogen-bond donors (Lipinski definition) is 1. The average molecular weight is 381 g/mol. The molecule has 0 bridgehead atoms. The maximum Gasteiger partial charge on any atom is 0.410 e. The van der Waals surface area contributed by atoms with Gasteiger partial charge in [-0.25, -0.2) is 9.00 Å². The van der Waals surface area contributed by atoms with E-state index in [9.17, 15) is 13.6 Å². The van der Waals surface area contributed by atoms with Gasteiger partial charge < -0.3 is 14.2 Å². The fourth-order valence-electron chi connectivity index (χ4n) is 3.98. The number of ether oxygens (including phenoxy) is 1. The van der Waals surface area contributed by atoms with Gasteiger partial charge in [0.05, 0.1) is 0 Å². The van der Waals surface area contributed by atoms with Gasteiger partial charge in [-0.05, 0) is 44.3 Å². The monoisotopic (exact) mass is 380 g/mol. The van der Waals surface area contributed by atoms with Crippen LogP contribution in [0, 0.1) is 5.92 Å². The van der Waals surface area contributed by atoms with Crippen LogP contribution >= 0.6 is 0 Å². The molecule has 2 aliphatic rings. The molecule has 0 aliphatic carbocycles. The summed E-state index contributed by atoms with van der Waals surface area (Å²) >= 11 is -1.91. The molecule has 2 fully saturated rings. The topological polar surface area (TPSA) is 70.1 Å². The average Bonchev–Trinajstić information content (AvgIpc) is 2.68. The van der Waals surface area contributed by atoms with Gasteiger partial charge in [0, 0.05) is 19.0 Å². The van der Waals surface area contributed by atoms with Gasteiger partial charge in [0.1, 0.15) is 12.0 Å². The number of likely N-dealkylation sites (tertiary alicyclic amines) is 2. The van der Waals surface area contributed by atoms with Crippen LogP contribution in [0.3, 0.4) is 0 Å². The summed E-state index contributed by atoms with van der Waals surface area (Å²) in [6.07, 6.45) is 4.71. The first-order valence-electron chi connectivity index (χ1n) is 9.44. The Morgan fingerprint density at radius 1 is 1.15 bits per heavy atom. The second-order valence-corrected chi connectivity index (χ2v) is 8.19. The van der Waals surface area contributed by atoms with Gasteiger partial charge in [-0.1, -0.05) is 36.8 Å². The summed E-state index contributed by atoms with van der Waals surface area (Å²) in [6, 6.07) is 9.61. The first-order valence-corrected chi connectivity index (χ1v) is 10.6. The van der Waals surface area contributed by atoms with E-state index in [1.54, 1.807) is 4.90 Å². The summed E-state index contributed by atoms with van der Waals surface area (Å²) in [6.45, 7) is 3.12. The quantitative estimate of drug-likeness (QED) is 0.795. The van der Waals surface area contributed by atoms with Crippen molar-refractivity contribution in [2.45, 2.75) is 44.1 Å². The highest BCUT2D eigenvalue weighted by molar-refractivity contribution is 7.79. The SMILES string of the molecule is O=C(OCc1ccccc1)N1CCCC(C(N2CCCCC2)S(=O)O)C1. The zero-order valence-electron chi connectivity index (χ0n) is 15.1. The Labute approximate surface area is 157 Å². The first-order chi connectivity index (χ1) is 12.6. The minimum atomic E-state index is -1.91. The molecule has 2 saturated heterocycles. The van der Waals surface area contributed by atoms with E-state index in [-0.39, 0.29) is 24.0 Å². The second-order valence-electron chi connectivity index (χ2n) is 7.15. The molecular weight excluding hydrogens is 352 g/mol. The molecule has 1 N–H and O–H groups in total. The van der Waals surface area contributed by atoms with E-state index in [1.807, 2.05) is 30.3 Å². The molecule has 1 aromatic rings. The van der Waals surface area contributed by atoms with Crippen molar-refractivity contribution in [1.29, 1.82) is 0 Å². The smallest absolute Gasteiger partial charge is 0.410 e. The predicted octanol–water partition coefficient (Wildman–Crippen LogP) is 3.07. The van der Waals surface area contributed by atoms with Gasteiger partial charge in [-0.3, -0.25) is 4.90 Å². The molecule has 0 saturated carbocycles. The molecule has 144 valence electrons. The second kappa shape index (κ2) is 9.48. The van der Waals surface area contributed by atoms with E-state index in [2.05, 4.69) is 4.90 Å². The summed E-state index contributed by atoms with van der Waals surface area (Å²) in [5.41, 5.74) is 0.956. The molecule has 3 atom stereocenters. The normalized spacial score (nSPS) is 24.0. The van der Waals surface area contributed by atoms with Crippen LogP contribution in [-0.2, 0) is 22.4 Å². The maximum absolute atomic E-state index is 12.4. The minimum absolute atomic E-state index is 0.0111. The molecule has 3 unspecified atom stereocenters. The summed E-state index contributed by atoms with van der Waals surface area (Å²) in [5, 5.41) is -0.389. The van der Waals surface area contributed by atoms with E-state index < -0.39 is 11.1 Å². The highest BCUT2D eigenvalue weighted by atomic mass is 32.2. The van der Waals surface area contributed by atoms with E-state index in [0.29, 0.717) is 13.1 Å². The number of carbonyl (C=O) groups excluding carboxylic acids is 1.